The van der Waals surface area contributed by atoms with Crippen molar-refractivity contribution in [3.8, 4) is 0 Å². The summed E-state index contributed by atoms with van der Waals surface area (Å²) in [5.74, 6) is 0.333. The minimum Gasteiger partial charge on any atom is -0.300 e. The fourth-order valence-corrected chi connectivity index (χ4v) is 3.41. The van der Waals surface area contributed by atoms with Gasteiger partial charge < -0.3 is 4.79 Å². The van der Waals surface area contributed by atoms with Gasteiger partial charge in [-0.05, 0) is 52.6 Å². The molecule has 0 aromatic heterocycles. The van der Waals surface area contributed by atoms with E-state index in [0.29, 0.717) is 11.8 Å². The van der Waals surface area contributed by atoms with Gasteiger partial charge in [0.15, 0.2) is 0 Å². The van der Waals surface area contributed by atoms with Gasteiger partial charge in [0.05, 0.1) is 0 Å². The number of carbonyl (C=O) groups excluding carboxylic acids is 1. The monoisotopic (exact) mass is 252 g/mol. The molecular weight excluding hydrogens is 224 g/mol. The number of carbonyl (C=O) groups is 1. The van der Waals surface area contributed by atoms with Gasteiger partial charge in [-0.15, -0.1) is 0 Å². The summed E-state index contributed by atoms with van der Waals surface area (Å²) in [5.41, 5.74) is 0. The molecule has 0 spiro atoms. The Kier molecular flexibility index (Phi) is 5.19. The minimum absolute atomic E-state index is 0.333. The van der Waals surface area contributed by atoms with Crippen LogP contribution in [0.3, 0.4) is 0 Å². The van der Waals surface area contributed by atoms with Gasteiger partial charge in [0.1, 0.15) is 5.78 Å². The maximum atomic E-state index is 10.9. The summed E-state index contributed by atoms with van der Waals surface area (Å²) in [6.45, 7) is 9.05. The largest absolute Gasteiger partial charge is 0.300 e. The number of fused-ring (bicyclic) bond motifs is 1. The number of nitrogens with zero attached hydrogens (tertiary/aromatic N) is 2. The number of piperidine rings is 1. The van der Waals surface area contributed by atoms with E-state index < -0.39 is 0 Å². The predicted molar refractivity (Wildman–Crippen MR) is 74.8 cm³/mol. The molecule has 2 rings (SSSR count). The summed E-state index contributed by atoms with van der Waals surface area (Å²) >= 11 is 0. The Morgan fingerprint density at radius 3 is 2.83 bits per heavy atom. The van der Waals surface area contributed by atoms with E-state index in [1.54, 1.807) is 6.92 Å². The number of Topliss-reactive ketones (excluding diaryl/α,β-unsaturated/α-hetero) is 1. The number of ketones is 1. The molecule has 3 nitrogen and oxygen atoms in total. The molecule has 2 atom stereocenters. The molecule has 2 saturated heterocycles. The maximum absolute atomic E-state index is 10.9. The van der Waals surface area contributed by atoms with Crippen LogP contribution in [-0.4, -0.2) is 53.8 Å². The summed E-state index contributed by atoms with van der Waals surface area (Å²) in [5, 5.41) is 0. The molecule has 18 heavy (non-hydrogen) atoms. The molecular formula is C15H28N2O. The zero-order valence-electron chi connectivity index (χ0n) is 12.0. The highest BCUT2D eigenvalue weighted by Crippen LogP contribution is 2.24. The Balaban J connectivity index is 1.73. The Hall–Kier alpha value is -0.410. The molecule has 0 aliphatic carbocycles. The average molecular weight is 252 g/mol. The van der Waals surface area contributed by atoms with Gasteiger partial charge in [-0.3, -0.25) is 9.80 Å². The van der Waals surface area contributed by atoms with Gasteiger partial charge in [-0.2, -0.15) is 0 Å². The fourth-order valence-electron chi connectivity index (χ4n) is 3.41. The van der Waals surface area contributed by atoms with E-state index in [2.05, 4.69) is 16.7 Å². The zero-order valence-corrected chi connectivity index (χ0v) is 12.0. The lowest BCUT2D eigenvalue weighted by atomic mass is 9.97. The predicted octanol–water partition coefficient (Wildman–Crippen LogP) is 2.30. The van der Waals surface area contributed by atoms with Crippen LogP contribution in [0.4, 0.5) is 0 Å². The number of rotatable bonds is 5. The van der Waals surface area contributed by atoms with Crippen LogP contribution in [0.25, 0.3) is 0 Å². The van der Waals surface area contributed by atoms with Gasteiger partial charge in [0.2, 0.25) is 0 Å². The first kappa shape index (κ1) is 14.0. The third-order valence-electron chi connectivity index (χ3n) is 4.54. The number of hydrogen-bond acceptors (Lipinski definition) is 3. The maximum Gasteiger partial charge on any atom is 0.129 e. The van der Waals surface area contributed by atoms with Crippen molar-refractivity contribution < 1.29 is 4.79 Å². The Labute approximate surface area is 112 Å². The van der Waals surface area contributed by atoms with E-state index in [0.717, 1.165) is 18.9 Å². The lowest BCUT2D eigenvalue weighted by molar-refractivity contribution is -0.117. The number of unbranched alkanes of at least 4 members (excludes halogenated alkanes) is 1. The van der Waals surface area contributed by atoms with Crippen molar-refractivity contribution in [2.24, 2.45) is 0 Å². The summed E-state index contributed by atoms with van der Waals surface area (Å²) in [4.78, 5) is 16.3. The molecule has 3 heteroatoms. The summed E-state index contributed by atoms with van der Waals surface area (Å²) in [6, 6.07) is 1.50. The molecule has 2 unspecified atom stereocenters. The molecule has 0 bridgehead atoms. The van der Waals surface area contributed by atoms with E-state index in [-0.39, 0.29) is 0 Å². The first-order valence-corrected chi connectivity index (χ1v) is 7.64. The minimum atomic E-state index is 0.333. The standard InChI is InChI=1S/C15H28N2O/c1-13-11-17-10-6-4-8-15(17)12-16(13)9-5-3-7-14(2)18/h13,15H,3-12H2,1-2H3. The topological polar surface area (TPSA) is 23.6 Å². The third-order valence-corrected chi connectivity index (χ3v) is 4.54. The van der Waals surface area contributed by atoms with Crippen molar-refractivity contribution >= 4 is 5.78 Å². The van der Waals surface area contributed by atoms with Crippen LogP contribution in [0.2, 0.25) is 0 Å². The Bertz CT molecular complexity index is 280. The van der Waals surface area contributed by atoms with Crippen LogP contribution in [0.15, 0.2) is 0 Å². The van der Waals surface area contributed by atoms with Crippen molar-refractivity contribution in [1.29, 1.82) is 0 Å². The lowest BCUT2D eigenvalue weighted by Crippen LogP contribution is -2.58. The van der Waals surface area contributed by atoms with Gasteiger partial charge in [0.25, 0.3) is 0 Å². The second kappa shape index (κ2) is 6.67. The highest BCUT2D eigenvalue weighted by atomic mass is 16.1. The summed E-state index contributed by atoms with van der Waals surface area (Å²) < 4.78 is 0. The van der Waals surface area contributed by atoms with Crippen LogP contribution >= 0.6 is 0 Å². The van der Waals surface area contributed by atoms with Crippen LogP contribution in [0.1, 0.15) is 52.4 Å². The molecule has 2 fully saturated rings. The van der Waals surface area contributed by atoms with E-state index in [1.807, 2.05) is 0 Å². The Morgan fingerprint density at radius 1 is 1.22 bits per heavy atom. The second-order valence-corrected chi connectivity index (χ2v) is 6.15. The molecule has 2 heterocycles. The van der Waals surface area contributed by atoms with Crippen LogP contribution < -0.4 is 0 Å². The van der Waals surface area contributed by atoms with E-state index >= 15 is 0 Å². The molecule has 0 saturated carbocycles. The molecule has 104 valence electrons. The van der Waals surface area contributed by atoms with Gasteiger partial charge in [0, 0.05) is 31.6 Å². The molecule has 0 aromatic rings. The molecule has 0 radical (unpaired) electrons. The lowest BCUT2D eigenvalue weighted by Gasteiger charge is -2.47. The first-order chi connectivity index (χ1) is 8.66. The van der Waals surface area contributed by atoms with Crippen LogP contribution in [-0.2, 0) is 4.79 Å². The van der Waals surface area contributed by atoms with Crippen molar-refractivity contribution in [1.82, 2.24) is 9.80 Å². The fraction of sp³-hybridized carbons (Fsp3) is 0.933. The van der Waals surface area contributed by atoms with Crippen LogP contribution in [0, 0.1) is 0 Å². The van der Waals surface area contributed by atoms with Gasteiger partial charge in [-0.1, -0.05) is 6.42 Å². The average Bonchev–Trinajstić information content (AvgIpc) is 2.34. The third kappa shape index (κ3) is 3.79. The summed E-state index contributed by atoms with van der Waals surface area (Å²) in [7, 11) is 0. The SMILES string of the molecule is CC(=O)CCCCN1CC2CCCCN2CC1C. The Morgan fingerprint density at radius 2 is 2.06 bits per heavy atom. The van der Waals surface area contributed by atoms with E-state index in [9.17, 15) is 4.79 Å². The first-order valence-electron chi connectivity index (χ1n) is 7.64. The quantitative estimate of drug-likeness (QED) is 0.702. The van der Waals surface area contributed by atoms with Crippen molar-refractivity contribution in [3.05, 3.63) is 0 Å². The van der Waals surface area contributed by atoms with Gasteiger partial charge >= 0.3 is 0 Å². The molecule has 0 N–H and O–H groups in total. The smallest absolute Gasteiger partial charge is 0.129 e. The van der Waals surface area contributed by atoms with Crippen molar-refractivity contribution in [3.63, 3.8) is 0 Å². The van der Waals surface area contributed by atoms with E-state index in [4.69, 9.17) is 0 Å². The summed E-state index contributed by atoms with van der Waals surface area (Å²) in [6.07, 6.45) is 7.19. The van der Waals surface area contributed by atoms with Crippen LogP contribution in [0.5, 0.6) is 0 Å². The number of piperazine rings is 1. The van der Waals surface area contributed by atoms with Crippen molar-refractivity contribution in [2.45, 2.75) is 64.5 Å². The molecule has 0 amide bonds. The van der Waals surface area contributed by atoms with Gasteiger partial charge in [-0.25, -0.2) is 0 Å². The van der Waals surface area contributed by atoms with Crippen molar-refractivity contribution in [2.75, 3.05) is 26.2 Å². The highest BCUT2D eigenvalue weighted by molar-refractivity contribution is 5.75. The highest BCUT2D eigenvalue weighted by Gasteiger charge is 2.32. The molecule has 2 aliphatic heterocycles. The zero-order chi connectivity index (χ0) is 13.0. The number of hydrogen-bond donors (Lipinski definition) is 0. The normalized spacial score (nSPS) is 30.1. The molecule has 2 aliphatic rings. The van der Waals surface area contributed by atoms with E-state index in [1.165, 1.54) is 51.9 Å². The molecule has 0 aromatic carbocycles. The second-order valence-electron chi connectivity index (χ2n) is 6.15.